The van der Waals surface area contributed by atoms with Gasteiger partial charge in [0, 0.05) is 6.54 Å². The highest BCUT2D eigenvalue weighted by molar-refractivity contribution is 5.64. The topological polar surface area (TPSA) is 12.0 Å². The van der Waals surface area contributed by atoms with Gasteiger partial charge in [-0.2, -0.15) is 0 Å². The first-order valence-electron chi connectivity index (χ1n) is 7.16. The zero-order valence-electron chi connectivity index (χ0n) is 11.9. The Kier molecular flexibility index (Phi) is 5.17. The van der Waals surface area contributed by atoms with Crippen LogP contribution in [0.5, 0.6) is 0 Å². The van der Waals surface area contributed by atoms with E-state index < -0.39 is 0 Å². The zero-order valence-corrected chi connectivity index (χ0v) is 11.9. The Balaban J connectivity index is 2.14. The number of hydrogen-bond acceptors (Lipinski definition) is 1. The molecule has 0 saturated carbocycles. The molecule has 100 valence electrons. The van der Waals surface area contributed by atoms with Gasteiger partial charge in [-0.05, 0) is 48.2 Å². The molecular formula is C18H23N. The number of benzene rings is 2. The van der Waals surface area contributed by atoms with Gasteiger partial charge in [-0.3, -0.25) is 0 Å². The fourth-order valence-corrected chi connectivity index (χ4v) is 2.31. The molecule has 0 amide bonds. The lowest BCUT2D eigenvalue weighted by Crippen LogP contribution is -2.04. The molecule has 2 rings (SSSR count). The Hall–Kier alpha value is -1.60. The molecule has 0 aromatic heterocycles. The Bertz CT molecular complexity index is 499. The summed E-state index contributed by atoms with van der Waals surface area (Å²) in [6.45, 7) is 3.16. The van der Waals surface area contributed by atoms with Gasteiger partial charge in [0.05, 0.1) is 0 Å². The first-order chi connectivity index (χ1) is 9.33. The fourth-order valence-electron chi connectivity index (χ4n) is 2.31. The minimum absolute atomic E-state index is 0.919. The second kappa shape index (κ2) is 7.10. The summed E-state index contributed by atoms with van der Waals surface area (Å²) in [5.41, 5.74) is 5.38. The van der Waals surface area contributed by atoms with Crippen molar-refractivity contribution in [3.05, 3.63) is 59.7 Å². The van der Waals surface area contributed by atoms with Crippen molar-refractivity contribution in [1.82, 2.24) is 5.32 Å². The average Bonchev–Trinajstić information content (AvgIpc) is 2.46. The standard InChI is InChI=1S/C18H23N/c1-3-4-6-15-9-11-17(12-10-15)18-8-5-7-16(13-18)14-19-2/h5,7-13,19H,3-4,6,14H2,1-2H3. The summed E-state index contributed by atoms with van der Waals surface area (Å²) >= 11 is 0. The molecule has 0 saturated heterocycles. The van der Waals surface area contributed by atoms with Crippen molar-refractivity contribution in [2.45, 2.75) is 32.7 Å². The average molecular weight is 253 g/mol. The Labute approximate surface area is 116 Å². The lowest BCUT2D eigenvalue weighted by atomic mass is 10.0. The SMILES string of the molecule is CCCCc1ccc(-c2cccc(CNC)c2)cc1. The third-order valence-electron chi connectivity index (χ3n) is 3.41. The molecule has 2 aromatic rings. The highest BCUT2D eigenvalue weighted by atomic mass is 14.8. The van der Waals surface area contributed by atoms with Crippen molar-refractivity contribution in [3.8, 4) is 11.1 Å². The summed E-state index contributed by atoms with van der Waals surface area (Å²) in [5, 5.41) is 3.19. The lowest BCUT2D eigenvalue weighted by molar-refractivity contribution is 0.795. The molecular weight excluding hydrogens is 230 g/mol. The van der Waals surface area contributed by atoms with E-state index in [0.717, 1.165) is 6.54 Å². The Morgan fingerprint density at radius 3 is 2.37 bits per heavy atom. The van der Waals surface area contributed by atoms with Gasteiger partial charge < -0.3 is 5.32 Å². The van der Waals surface area contributed by atoms with Crippen LogP contribution in [0.4, 0.5) is 0 Å². The van der Waals surface area contributed by atoms with Gasteiger partial charge in [0.1, 0.15) is 0 Å². The van der Waals surface area contributed by atoms with Gasteiger partial charge in [-0.25, -0.2) is 0 Å². The van der Waals surface area contributed by atoms with Crippen molar-refractivity contribution in [2.75, 3.05) is 7.05 Å². The normalized spacial score (nSPS) is 10.6. The van der Waals surface area contributed by atoms with Crippen LogP contribution in [0.1, 0.15) is 30.9 Å². The van der Waals surface area contributed by atoms with E-state index >= 15 is 0 Å². The minimum atomic E-state index is 0.919. The predicted molar refractivity (Wildman–Crippen MR) is 83.3 cm³/mol. The molecule has 0 spiro atoms. The molecule has 0 aliphatic carbocycles. The molecule has 0 heterocycles. The summed E-state index contributed by atoms with van der Waals surface area (Å²) in [7, 11) is 1.98. The van der Waals surface area contributed by atoms with Gasteiger partial charge in [0.2, 0.25) is 0 Å². The predicted octanol–water partition coefficient (Wildman–Crippen LogP) is 4.42. The van der Waals surface area contributed by atoms with E-state index in [9.17, 15) is 0 Å². The Morgan fingerprint density at radius 1 is 0.895 bits per heavy atom. The maximum atomic E-state index is 3.19. The van der Waals surface area contributed by atoms with Crippen molar-refractivity contribution in [2.24, 2.45) is 0 Å². The van der Waals surface area contributed by atoms with Crippen LogP contribution >= 0.6 is 0 Å². The van der Waals surface area contributed by atoms with E-state index in [0.29, 0.717) is 0 Å². The number of hydrogen-bond donors (Lipinski definition) is 1. The molecule has 0 fully saturated rings. The van der Waals surface area contributed by atoms with Gasteiger partial charge in [0.15, 0.2) is 0 Å². The van der Waals surface area contributed by atoms with Crippen molar-refractivity contribution < 1.29 is 0 Å². The van der Waals surface area contributed by atoms with E-state index in [2.05, 4.69) is 60.8 Å². The summed E-state index contributed by atoms with van der Waals surface area (Å²) in [6, 6.07) is 17.7. The smallest absolute Gasteiger partial charge is 0.0202 e. The monoisotopic (exact) mass is 253 g/mol. The largest absolute Gasteiger partial charge is 0.316 e. The van der Waals surface area contributed by atoms with E-state index in [4.69, 9.17) is 0 Å². The minimum Gasteiger partial charge on any atom is -0.316 e. The van der Waals surface area contributed by atoms with Crippen LogP contribution in [0.3, 0.4) is 0 Å². The summed E-state index contributed by atoms with van der Waals surface area (Å²) in [6.07, 6.45) is 3.72. The van der Waals surface area contributed by atoms with E-state index in [1.165, 1.54) is 41.5 Å². The molecule has 1 N–H and O–H groups in total. The molecule has 0 atom stereocenters. The van der Waals surface area contributed by atoms with Crippen LogP contribution in [-0.4, -0.2) is 7.05 Å². The third-order valence-corrected chi connectivity index (χ3v) is 3.41. The van der Waals surface area contributed by atoms with Crippen LogP contribution in [0.25, 0.3) is 11.1 Å². The highest BCUT2D eigenvalue weighted by Crippen LogP contribution is 2.21. The zero-order chi connectivity index (χ0) is 13.5. The van der Waals surface area contributed by atoms with Crippen molar-refractivity contribution >= 4 is 0 Å². The van der Waals surface area contributed by atoms with Crippen LogP contribution in [0.2, 0.25) is 0 Å². The van der Waals surface area contributed by atoms with E-state index in [1.54, 1.807) is 0 Å². The molecule has 19 heavy (non-hydrogen) atoms. The molecule has 0 bridgehead atoms. The second-order valence-electron chi connectivity index (χ2n) is 5.03. The van der Waals surface area contributed by atoms with Gasteiger partial charge >= 0.3 is 0 Å². The van der Waals surface area contributed by atoms with Gasteiger partial charge in [-0.1, -0.05) is 55.8 Å². The number of aryl methyl sites for hydroxylation is 1. The first-order valence-corrected chi connectivity index (χ1v) is 7.16. The number of rotatable bonds is 6. The molecule has 0 unspecified atom stereocenters. The maximum Gasteiger partial charge on any atom is 0.0202 e. The Morgan fingerprint density at radius 2 is 1.68 bits per heavy atom. The highest BCUT2D eigenvalue weighted by Gasteiger charge is 2.00. The summed E-state index contributed by atoms with van der Waals surface area (Å²) in [4.78, 5) is 0. The van der Waals surface area contributed by atoms with Crippen LogP contribution in [-0.2, 0) is 13.0 Å². The van der Waals surface area contributed by atoms with E-state index in [-0.39, 0.29) is 0 Å². The molecule has 0 aliphatic heterocycles. The molecule has 0 aliphatic rings. The molecule has 2 aromatic carbocycles. The number of unbranched alkanes of at least 4 members (excludes halogenated alkanes) is 1. The van der Waals surface area contributed by atoms with Crippen LogP contribution in [0.15, 0.2) is 48.5 Å². The number of nitrogens with one attached hydrogen (secondary N) is 1. The molecule has 1 heteroatoms. The summed E-state index contributed by atoms with van der Waals surface area (Å²) in [5.74, 6) is 0. The van der Waals surface area contributed by atoms with E-state index in [1.807, 2.05) is 7.05 Å². The molecule has 1 nitrogen and oxygen atoms in total. The second-order valence-corrected chi connectivity index (χ2v) is 5.03. The third kappa shape index (κ3) is 3.93. The first kappa shape index (κ1) is 13.8. The quantitative estimate of drug-likeness (QED) is 0.803. The molecule has 0 radical (unpaired) electrons. The van der Waals surface area contributed by atoms with Gasteiger partial charge in [-0.15, -0.1) is 0 Å². The van der Waals surface area contributed by atoms with Crippen molar-refractivity contribution in [1.29, 1.82) is 0 Å². The van der Waals surface area contributed by atoms with Gasteiger partial charge in [0.25, 0.3) is 0 Å². The van der Waals surface area contributed by atoms with Crippen LogP contribution < -0.4 is 5.32 Å². The summed E-state index contributed by atoms with van der Waals surface area (Å²) < 4.78 is 0. The van der Waals surface area contributed by atoms with Crippen LogP contribution in [0, 0.1) is 0 Å². The fraction of sp³-hybridized carbons (Fsp3) is 0.333. The van der Waals surface area contributed by atoms with Crippen molar-refractivity contribution in [3.63, 3.8) is 0 Å². The lowest BCUT2D eigenvalue weighted by Gasteiger charge is -2.07. The maximum absolute atomic E-state index is 3.19.